The van der Waals surface area contributed by atoms with Crippen LogP contribution < -0.4 is 11.1 Å². The molecule has 0 radical (unpaired) electrons. The summed E-state index contributed by atoms with van der Waals surface area (Å²) in [7, 11) is 0. The van der Waals surface area contributed by atoms with E-state index in [1.54, 1.807) is 10.9 Å². The Morgan fingerprint density at radius 1 is 1.80 bits per heavy atom. The molecule has 15 heavy (non-hydrogen) atoms. The second-order valence-corrected chi connectivity index (χ2v) is 4.78. The molecule has 0 bridgehead atoms. The van der Waals surface area contributed by atoms with E-state index in [0.29, 0.717) is 11.7 Å². The van der Waals surface area contributed by atoms with Gasteiger partial charge in [0, 0.05) is 12.2 Å². The molecule has 1 aromatic rings. The topological polar surface area (TPSA) is 72.9 Å². The van der Waals surface area contributed by atoms with Gasteiger partial charge in [0.1, 0.15) is 6.54 Å². The van der Waals surface area contributed by atoms with Crippen LogP contribution >= 0.6 is 0 Å². The van der Waals surface area contributed by atoms with Gasteiger partial charge in [-0.1, -0.05) is 13.8 Å². The van der Waals surface area contributed by atoms with Crippen molar-refractivity contribution in [1.29, 1.82) is 0 Å². The van der Waals surface area contributed by atoms with E-state index >= 15 is 0 Å². The fraction of sp³-hybridized carbons (Fsp3) is 0.600. The summed E-state index contributed by atoms with van der Waals surface area (Å²) in [6.45, 7) is 4.53. The zero-order valence-electron chi connectivity index (χ0n) is 9.03. The monoisotopic (exact) mass is 208 g/mol. The Labute approximate surface area is 88.6 Å². The van der Waals surface area contributed by atoms with Crippen molar-refractivity contribution in [2.75, 3.05) is 5.73 Å². The minimum absolute atomic E-state index is 0.00586. The average molecular weight is 208 g/mol. The largest absolute Gasteiger partial charge is 0.396 e. The highest BCUT2D eigenvalue weighted by Crippen LogP contribution is 2.44. The lowest BCUT2D eigenvalue weighted by Gasteiger charge is -2.06. The molecule has 0 spiro atoms. The second-order valence-electron chi connectivity index (χ2n) is 4.78. The van der Waals surface area contributed by atoms with Gasteiger partial charge in [0.2, 0.25) is 5.91 Å². The molecule has 5 heteroatoms. The van der Waals surface area contributed by atoms with Gasteiger partial charge in [0.25, 0.3) is 0 Å². The van der Waals surface area contributed by atoms with E-state index < -0.39 is 0 Å². The van der Waals surface area contributed by atoms with Crippen molar-refractivity contribution < 1.29 is 4.79 Å². The minimum Gasteiger partial charge on any atom is -0.396 e. The lowest BCUT2D eigenvalue weighted by atomic mass is 10.2. The van der Waals surface area contributed by atoms with Crippen LogP contribution in [0.5, 0.6) is 0 Å². The molecule has 1 amide bonds. The third-order valence-corrected chi connectivity index (χ3v) is 2.81. The number of hydrogen-bond acceptors (Lipinski definition) is 3. The number of amides is 1. The van der Waals surface area contributed by atoms with Crippen LogP contribution in [0, 0.1) is 5.41 Å². The third kappa shape index (κ3) is 2.29. The predicted octanol–water partition coefficient (Wildman–Crippen LogP) is 0.380. The number of nitrogens with two attached hydrogens (primary N) is 1. The highest BCUT2D eigenvalue weighted by atomic mass is 16.2. The predicted molar refractivity (Wildman–Crippen MR) is 57.0 cm³/mol. The summed E-state index contributed by atoms with van der Waals surface area (Å²) in [6, 6.07) is 0.318. The van der Waals surface area contributed by atoms with Crippen molar-refractivity contribution >= 4 is 11.6 Å². The van der Waals surface area contributed by atoms with Crippen molar-refractivity contribution in [3.8, 4) is 0 Å². The molecule has 0 aliphatic heterocycles. The number of anilines is 1. The van der Waals surface area contributed by atoms with Gasteiger partial charge in [0.15, 0.2) is 0 Å². The van der Waals surface area contributed by atoms with Crippen LogP contribution in [0.3, 0.4) is 0 Å². The summed E-state index contributed by atoms with van der Waals surface area (Å²) in [5, 5.41) is 6.91. The van der Waals surface area contributed by atoms with Crippen molar-refractivity contribution in [2.45, 2.75) is 32.9 Å². The van der Waals surface area contributed by atoms with Crippen molar-refractivity contribution in [3.63, 3.8) is 0 Å². The van der Waals surface area contributed by atoms with E-state index in [4.69, 9.17) is 5.73 Å². The van der Waals surface area contributed by atoms with Gasteiger partial charge in [0.05, 0.1) is 11.9 Å². The van der Waals surface area contributed by atoms with Crippen LogP contribution in [0.25, 0.3) is 0 Å². The van der Waals surface area contributed by atoms with Crippen LogP contribution in [0.15, 0.2) is 12.4 Å². The van der Waals surface area contributed by atoms with Crippen molar-refractivity contribution in [3.05, 3.63) is 12.4 Å². The van der Waals surface area contributed by atoms with Crippen LogP contribution in [0.2, 0.25) is 0 Å². The van der Waals surface area contributed by atoms with Gasteiger partial charge in [-0.15, -0.1) is 0 Å². The summed E-state index contributed by atoms with van der Waals surface area (Å²) >= 11 is 0. The molecule has 1 aliphatic carbocycles. The fourth-order valence-corrected chi connectivity index (χ4v) is 1.57. The summed E-state index contributed by atoms with van der Waals surface area (Å²) in [6.07, 6.45) is 4.24. The van der Waals surface area contributed by atoms with E-state index in [1.165, 1.54) is 6.20 Å². The van der Waals surface area contributed by atoms with Gasteiger partial charge < -0.3 is 11.1 Å². The van der Waals surface area contributed by atoms with Gasteiger partial charge >= 0.3 is 0 Å². The molecule has 1 aromatic heterocycles. The summed E-state index contributed by atoms with van der Waals surface area (Å²) in [5.41, 5.74) is 6.34. The average Bonchev–Trinajstić information content (AvgIpc) is 2.54. The Morgan fingerprint density at radius 2 is 2.47 bits per heavy atom. The molecular formula is C10H16N4O. The highest BCUT2D eigenvalue weighted by molar-refractivity contribution is 5.76. The molecular weight excluding hydrogens is 192 g/mol. The summed E-state index contributed by atoms with van der Waals surface area (Å²) in [5.74, 6) is -0.00586. The first-order chi connectivity index (χ1) is 6.97. The van der Waals surface area contributed by atoms with E-state index in [1.807, 2.05) is 0 Å². The Kier molecular flexibility index (Phi) is 2.17. The number of hydrogen-bond donors (Lipinski definition) is 2. The smallest absolute Gasteiger partial charge is 0.241 e. The molecule has 5 nitrogen and oxygen atoms in total. The molecule has 1 heterocycles. The van der Waals surface area contributed by atoms with E-state index in [9.17, 15) is 4.79 Å². The Balaban J connectivity index is 1.83. The molecule has 3 N–H and O–H groups in total. The molecule has 82 valence electrons. The van der Waals surface area contributed by atoms with E-state index in [2.05, 4.69) is 24.3 Å². The number of nitrogens with zero attached hydrogens (tertiary/aromatic N) is 2. The number of nitrogens with one attached hydrogen (secondary N) is 1. The molecule has 1 fully saturated rings. The van der Waals surface area contributed by atoms with Gasteiger partial charge in [-0.25, -0.2) is 0 Å². The zero-order chi connectivity index (χ0) is 11.1. The van der Waals surface area contributed by atoms with Crippen LogP contribution in [-0.2, 0) is 11.3 Å². The maximum atomic E-state index is 11.5. The maximum absolute atomic E-state index is 11.5. The number of carbonyl (C=O) groups is 1. The summed E-state index contributed by atoms with van der Waals surface area (Å²) in [4.78, 5) is 11.5. The first-order valence-corrected chi connectivity index (χ1v) is 5.05. The number of rotatable bonds is 3. The van der Waals surface area contributed by atoms with Crippen LogP contribution in [-0.4, -0.2) is 21.7 Å². The Bertz CT molecular complexity index is 383. The zero-order valence-corrected chi connectivity index (χ0v) is 9.03. The molecule has 1 saturated carbocycles. The standard InChI is InChI=1S/C10H16N4O/c1-10(2)3-8(10)13-9(15)6-14-5-7(11)4-12-14/h4-5,8H,3,6,11H2,1-2H3,(H,13,15). The highest BCUT2D eigenvalue weighted by Gasteiger charge is 2.46. The van der Waals surface area contributed by atoms with Gasteiger partial charge in [-0.05, 0) is 11.8 Å². The molecule has 1 aliphatic rings. The lowest BCUT2D eigenvalue weighted by molar-refractivity contribution is -0.122. The minimum atomic E-state index is -0.00586. The Hall–Kier alpha value is -1.52. The molecule has 0 aromatic carbocycles. The molecule has 0 saturated heterocycles. The molecule has 1 atom stereocenters. The molecule has 2 rings (SSSR count). The lowest BCUT2D eigenvalue weighted by Crippen LogP contribution is -2.31. The van der Waals surface area contributed by atoms with Crippen molar-refractivity contribution in [2.24, 2.45) is 5.41 Å². The maximum Gasteiger partial charge on any atom is 0.241 e. The molecule has 1 unspecified atom stereocenters. The van der Waals surface area contributed by atoms with Crippen molar-refractivity contribution in [1.82, 2.24) is 15.1 Å². The van der Waals surface area contributed by atoms with Crippen LogP contribution in [0.4, 0.5) is 5.69 Å². The van der Waals surface area contributed by atoms with E-state index in [0.717, 1.165) is 6.42 Å². The first kappa shape index (κ1) is 10.0. The summed E-state index contributed by atoms with van der Waals surface area (Å²) < 4.78 is 1.54. The second kappa shape index (κ2) is 3.25. The number of nitrogen functional groups attached to an aromatic ring is 1. The fourth-order valence-electron chi connectivity index (χ4n) is 1.57. The van der Waals surface area contributed by atoms with Gasteiger partial charge in [-0.3, -0.25) is 9.48 Å². The third-order valence-electron chi connectivity index (χ3n) is 2.81. The van der Waals surface area contributed by atoms with Gasteiger partial charge in [-0.2, -0.15) is 5.10 Å². The Morgan fingerprint density at radius 3 is 2.93 bits per heavy atom. The SMILES string of the molecule is CC1(C)CC1NC(=O)Cn1cc(N)cn1. The van der Waals surface area contributed by atoms with E-state index in [-0.39, 0.29) is 17.9 Å². The van der Waals surface area contributed by atoms with Crippen LogP contribution in [0.1, 0.15) is 20.3 Å². The first-order valence-electron chi connectivity index (χ1n) is 5.05. The number of aromatic nitrogens is 2. The number of carbonyl (C=O) groups excluding carboxylic acids is 1. The quantitative estimate of drug-likeness (QED) is 0.754. The normalized spacial score (nSPS) is 22.4.